The van der Waals surface area contributed by atoms with Crippen LogP contribution in [0.2, 0.25) is 0 Å². The highest BCUT2D eigenvalue weighted by atomic mass is 16.6. The minimum atomic E-state index is -0.551. The Hall–Kier alpha value is -2.09. The predicted molar refractivity (Wildman–Crippen MR) is 102 cm³/mol. The molecule has 8 heteroatoms. The van der Waals surface area contributed by atoms with Crippen molar-refractivity contribution in [2.24, 2.45) is 7.05 Å². The third-order valence-corrected chi connectivity index (χ3v) is 4.12. The van der Waals surface area contributed by atoms with E-state index in [-0.39, 0.29) is 18.1 Å². The lowest BCUT2D eigenvalue weighted by Crippen LogP contribution is -2.40. The fourth-order valence-electron chi connectivity index (χ4n) is 2.94. The van der Waals surface area contributed by atoms with E-state index in [1.54, 1.807) is 16.6 Å². The second-order valence-electron chi connectivity index (χ2n) is 8.08. The molecule has 0 fully saturated rings. The zero-order chi connectivity index (χ0) is 20.2. The lowest BCUT2D eigenvalue weighted by molar-refractivity contribution is 0.0222. The van der Waals surface area contributed by atoms with E-state index < -0.39 is 5.60 Å². The van der Waals surface area contributed by atoms with Crippen LogP contribution in [0.1, 0.15) is 62.8 Å². The van der Waals surface area contributed by atoms with Crippen molar-refractivity contribution in [1.82, 2.24) is 20.0 Å². The van der Waals surface area contributed by atoms with E-state index in [1.807, 2.05) is 34.6 Å². The van der Waals surface area contributed by atoms with Crippen LogP contribution in [0.25, 0.3) is 0 Å². The number of carbonyl (C=O) groups excluding carboxylic acids is 2. The number of fused-ring (bicyclic) bond motifs is 1. The number of rotatable bonds is 6. The quantitative estimate of drug-likeness (QED) is 0.765. The Balaban J connectivity index is 2.01. The number of hydrogen-bond donors (Lipinski definition) is 1. The molecule has 1 aromatic rings. The van der Waals surface area contributed by atoms with Crippen molar-refractivity contribution >= 4 is 12.0 Å². The van der Waals surface area contributed by atoms with Crippen LogP contribution in [0.3, 0.4) is 0 Å². The van der Waals surface area contributed by atoms with Crippen LogP contribution in [-0.2, 0) is 29.5 Å². The molecule has 0 unspecified atom stereocenters. The monoisotopic (exact) mass is 380 g/mol. The molecule has 0 bridgehead atoms. The summed E-state index contributed by atoms with van der Waals surface area (Å²) < 4.78 is 12.5. The topological polar surface area (TPSA) is 85.7 Å². The average molecular weight is 380 g/mol. The van der Waals surface area contributed by atoms with Gasteiger partial charge < -0.3 is 19.7 Å². The van der Waals surface area contributed by atoms with E-state index in [0.29, 0.717) is 38.4 Å². The first-order valence-corrected chi connectivity index (χ1v) is 9.51. The highest BCUT2D eigenvalue weighted by molar-refractivity contribution is 5.94. The lowest BCUT2D eigenvalue weighted by atomic mass is 10.1. The van der Waals surface area contributed by atoms with Crippen molar-refractivity contribution < 1.29 is 19.1 Å². The Morgan fingerprint density at radius 2 is 2.00 bits per heavy atom. The van der Waals surface area contributed by atoms with Crippen LogP contribution >= 0.6 is 0 Å². The molecule has 2 amide bonds. The zero-order valence-corrected chi connectivity index (χ0v) is 17.3. The first-order chi connectivity index (χ1) is 12.6. The summed E-state index contributed by atoms with van der Waals surface area (Å²) in [5.41, 5.74) is 1.61. The van der Waals surface area contributed by atoms with Crippen molar-refractivity contribution in [1.29, 1.82) is 0 Å². The third kappa shape index (κ3) is 5.95. The molecule has 0 aliphatic carbocycles. The summed E-state index contributed by atoms with van der Waals surface area (Å²) in [5, 5.41) is 7.38. The largest absolute Gasteiger partial charge is 0.444 e. The molecule has 1 aromatic heterocycles. The molecule has 0 spiro atoms. The molecule has 27 heavy (non-hydrogen) atoms. The number of aromatic nitrogens is 2. The first kappa shape index (κ1) is 21.2. The average Bonchev–Trinajstić information content (AvgIpc) is 2.87. The van der Waals surface area contributed by atoms with Crippen LogP contribution in [0.5, 0.6) is 0 Å². The van der Waals surface area contributed by atoms with Gasteiger partial charge in [0.25, 0.3) is 5.91 Å². The van der Waals surface area contributed by atoms with Gasteiger partial charge in [-0.2, -0.15) is 5.10 Å². The SMILES string of the molecule is CC(C)OCCCNC(=O)c1c2c(nn1C)CCN(C(=O)OC(C)(C)C)C2. The second-order valence-corrected chi connectivity index (χ2v) is 8.08. The molecule has 0 saturated carbocycles. The van der Waals surface area contributed by atoms with Gasteiger partial charge in [0.2, 0.25) is 0 Å². The normalized spacial score (nSPS) is 14.3. The smallest absolute Gasteiger partial charge is 0.410 e. The molecule has 0 aromatic carbocycles. The second kappa shape index (κ2) is 8.73. The number of hydrogen-bond acceptors (Lipinski definition) is 5. The highest BCUT2D eigenvalue weighted by Gasteiger charge is 2.31. The van der Waals surface area contributed by atoms with Crippen LogP contribution in [0.15, 0.2) is 0 Å². The zero-order valence-electron chi connectivity index (χ0n) is 17.3. The van der Waals surface area contributed by atoms with E-state index in [4.69, 9.17) is 9.47 Å². The van der Waals surface area contributed by atoms with Gasteiger partial charge in [-0.15, -0.1) is 0 Å². The van der Waals surface area contributed by atoms with Crippen molar-refractivity contribution in [2.75, 3.05) is 19.7 Å². The highest BCUT2D eigenvalue weighted by Crippen LogP contribution is 2.23. The molecule has 1 aliphatic rings. The van der Waals surface area contributed by atoms with Gasteiger partial charge in [0.1, 0.15) is 11.3 Å². The third-order valence-electron chi connectivity index (χ3n) is 4.12. The number of nitrogens with one attached hydrogen (secondary N) is 1. The standard InChI is InChI=1S/C19H32N4O4/c1-13(2)26-11-7-9-20-17(24)16-14-12-23(18(25)27-19(3,4)5)10-8-15(14)21-22(16)6/h13H,7-12H2,1-6H3,(H,20,24). The molecule has 0 saturated heterocycles. The van der Waals surface area contributed by atoms with Gasteiger partial charge in [-0.25, -0.2) is 4.79 Å². The number of amides is 2. The van der Waals surface area contributed by atoms with E-state index in [1.165, 1.54) is 0 Å². The maximum Gasteiger partial charge on any atom is 0.410 e. The molecular weight excluding hydrogens is 348 g/mol. The molecule has 2 heterocycles. The summed E-state index contributed by atoms with van der Waals surface area (Å²) in [5.74, 6) is -0.179. The molecule has 1 aliphatic heterocycles. The van der Waals surface area contributed by atoms with Gasteiger partial charge in [0.15, 0.2) is 0 Å². The first-order valence-electron chi connectivity index (χ1n) is 9.51. The Bertz CT molecular complexity index is 676. The van der Waals surface area contributed by atoms with E-state index >= 15 is 0 Å². The summed E-state index contributed by atoms with van der Waals surface area (Å²) in [7, 11) is 1.76. The summed E-state index contributed by atoms with van der Waals surface area (Å²) in [4.78, 5) is 26.7. The molecule has 152 valence electrons. The Labute approximate surface area is 161 Å². The van der Waals surface area contributed by atoms with Crippen molar-refractivity contribution in [3.05, 3.63) is 17.0 Å². The van der Waals surface area contributed by atoms with Crippen LogP contribution < -0.4 is 5.32 Å². The molecule has 1 N–H and O–H groups in total. The summed E-state index contributed by atoms with van der Waals surface area (Å²) in [6.45, 7) is 11.5. The molecule has 8 nitrogen and oxygen atoms in total. The number of ether oxygens (including phenoxy) is 2. The van der Waals surface area contributed by atoms with Crippen molar-refractivity contribution in [3.8, 4) is 0 Å². The van der Waals surface area contributed by atoms with Gasteiger partial charge in [-0.1, -0.05) is 0 Å². The van der Waals surface area contributed by atoms with Crippen molar-refractivity contribution in [3.63, 3.8) is 0 Å². The number of aryl methyl sites for hydroxylation is 1. The summed E-state index contributed by atoms with van der Waals surface area (Å²) in [6, 6.07) is 0. The summed E-state index contributed by atoms with van der Waals surface area (Å²) >= 11 is 0. The number of carbonyl (C=O) groups is 2. The lowest BCUT2D eigenvalue weighted by Gasteiger charge is -2.29. The Morgan fingerprint density at radius 3 is 2.63 bits per heavy atom. The van der Waals surface area contributed by atoms with E-state index in [0.717, 1.165) is 17.7 Å². The van der Waals surface area contributed by atoms with Crippen LogP contribution in [-0.4, -0.2) is 58.1 Å². The number of nitrogens with zero attached hydrogens (tertiary/aromatic N) is 3. The minimum Gasteiger partial charge on any atom is -0.444 e. The molecule has 2 rings (SSSR count). The van der Waals surface area contributed by atoms with Gasteiger partial charge in [-0.3, -0.25) is 9.48 Å². The molecular formula is C19H32N4O4. The fourth-order valence-corrected chi connectivity index (χ4v) is 2.94. The molecule has 0 atom stereocenters. The van der Waals surface area contributed by atoms with E-state index in [2.05, 4.69) is 10.4 Å². The predicted octanol–water partition coefficient (Wildman–Crippen LogP) is 2.26. The van der Waals surface area contributed by atoms with Gasteiger partial charge in [-0.05, 0) is 41.0 Å². The van der Waals surface area contributed by atoms with Gasteiger partial charge in [0, 0.05) is 38.7 Å². The summed E-state index contributed by atoms with van der Waals surface area (Å²) in [6.07, 6.45) is 1.17. The van der Waals surface area contributed by atoms with Gasteiger partial charge in [0.05, 0.1) is 18.3 Å². The van der Waals surface area contributed by atoms with E-state index in [9.17, 15) is 9.59 Å². The van der Waals surface area contributed by atoms with Crippen molar-refractivity contribution in [2.45, 2.75) is 65.7 Å². The molecule has 0 radical (unpaired) electrons. The van der Waals surface area contributed by atoms with Gasteiger partial charge >= 0.3 is 6.09 Å². The van der Waals surface area contributed by atoms with Crippen LogP contribution in [0, 0.1) is 0 Å². The Morgan fingerprint density at radius 1 is 1.30 bits per heavy atom. The fraction of sp³-hybridized carbons (Fsp3) is 0.737. The van der Waals surface area contributed by atoms with Crippen LogP contribution in [0.4, 0.5) is 4.79 Å². The Kier molecular flexibility index (Phi) is 6.86. The minimum absolute atomic E-state index is 0.179. The maximum atomic E-state index is 12.7. The maximum absolute atomic E-state index is 12.7.